The SMILES string of the molecule is CC(Cc1ncnn1Cc1cccc(Cl)c1)n1cccn1. The van der Waals surface area contributed by atoms with Crippen molar-refractivity contribution in [3.05, 3.63) is 65.5 Å². The molecule has 1 unspecified atom stereocenters. The van der Waals surface area contributed by atoms with Crippen LogP contribution in [0.1, 0.15) is 24.4 Å². The van der Waals surface area contributed by atoms with E-state index in [2.05, 4.69) is 22.1 Å². The molecule has 5 nitrogen and oxygen atoms in total. The fraction of sp³-hybridized carbons (Fsp3) is 0.267. The third-order valence-electron chi connectivity index (χ3n) is 3.37. The van der Waals surface area contributed by atoms with Crippen LogP contribution in [0.5, 0.6) is 0 Å². The molecule has 0 saturated heterocycles. The van der Waals surface area contributed by atoms with Crippen LogP contribution in [0, 0.1) is 0 Å². The summed E-state index contributed by atoms with van der Waals surface area (Å²) >= 11 is 6.02. The van der Waals surface area contributed by atoms with Gasteiger partial charge >= 0.3 is 0 Å². The molecule has 0 aliphatic carbocycles. The minimum atomic E-state index is 0.238. The molecule has 21 heavy (non-hydrogen) atoms. The first-order chi connectivity index (χ1) is 10.2. The Kier molecular flexibility index (Phi) is 4.01. The van der Waals surface area contributed by atoms with Crippen LogP contribution >= 0.6 is 11.6 Å². The Morgan fingerprint density at radius 3 is 2.90 bits per heavy atom. The Morgan fingerprint density at radius 1 is 1.24 bits per heavy atom. The van der Waals surface area contributed by atoms with Crippen molar-refractivity contribution < 1.29 is 0 Å². The fourth-order valence-electron chi connectivity index (χ4n) is 2.29. The molecule has 0 aliphatic heterocycles. The molecule has 0 aliphatic rings. The smallest absolute Gasteiger partial charge is 0.138 e. The molecular formula is C15H16ClN5. The van der Waals surface area contributed by atoms with Crippen molar-refractivity contribution in [3.63, 3.8) is 0 Å². The van der Waals surface area contributed by atoms with E-state index in [0.717, 1.165) is 22.8 Å². The van der Waals surface area contributed by atoms with Crippen molar-refractivity contribution in [3.8, 4) is 0 Å². The van der Waals surface area contributed by atoms with Crippen molar-refractivity contribution in [1.29, 1.82) is 0 Å². The standard InChI is InChI=1S/C15H16ClN5/c1-12(20-7-3-6-18-20)8-15-17-11-19-21(15)10-13-4-2-5-14(16)9-13/h2-7,9,11-12H,8,10H2,1H3. The Balaban J connectivity index is 1.75. The third kappa shape index (κ3) is 3.31. The highest BCUT2D eigenvalue weighted by molar-refractivity contribution is 6.30. The lowest BCUT2D eigenvalue weighted by molar-refractivity contribution is 0.464. The number of nitrogens with zero attached hydrogens (tertiary/aromatic N) is 5. The lowest BCUT2D eigenvalue weighted by atomic mass is 10.2. The molecule has 0 spiro atoms. The third-order valence-corrected chi connectivity index (χ3v) is 3.61. The van der Waals surface area contributed by atoms with Crippen LogP contribution in [0.2, 0.25) is 5.02 Å². The molecule has 3 aromatic rings. The second kappa shape index (κ2) is 6.10. The molecule has 6 heteroatoms. The quantitative estimate of drug-likeness (QED) is 0.728. The molecule has 3 rings (SSSR count). The van der Waals surface area contributed by atoms with Gasteiger partial charge in [-0.25, -0.2) is 9.67 Å². The Morgan fingerprint density at radius 2 is 2.14 bits per heavy atom. The maximum absolute atomic E-state index is 6.02. The molecule has 0 saturated carbocycles. The first-order valence-electron chi connectivity index (χ1n) is 6.82. The zero-order valence-corrected chi connectivity index (χ0v) is 12.5. The first kappa shape index (κ1) is 13.8. The van der Waals surface area contributed by atoms with E-state index in [4.69, 9.17) is 11.6 Å². The van der Waals surface area contributed by atoms with Crippen molar-refractivity contribution in [2.75, 3.05) is 0 Å². The van der Waals surface area contributed by atoms with Crippen LogP contribution in [0.4, 0.5) is 0 Å². The lowest BCUT2D eigenvalue weighted by Gasteiger charge is -2.12. The van der Waals surface area contributed by atoms with Gasteiger partial charge in [-0.3, -0.25) is 4.68 Å². The van der Waals surface area contributed by atoms with Crippen molar-refractivity contribution in [2.24, 2.45) is 0 Å². The summed E-state index contributed by atoms with van der Waals surface area (Å²) in [5, 5.41) is 9.31. The van der Waals surface area contributed by atoms with Crippen molar-refractivity contribution in [2.45, 2.75) is 25.9 Å². The zero-order chi connectivity index (χ0) is 14.7. The van der Waals surface area contributed by atoms with Gasteiger partial charge in [0, 0.05) is 23.8 Å². The van der Waals surface area contributed by atoms with Crippen LogP contribution in [0.3, 0.4) is 0 Å². The molecule has 0 amide bonds. The number of halogens is 1. The maximum atomic E-state index is 6.02. The second-order valence-electron chi connectivity index (χ2n) is 5.00. The van der Waals surface area contributed by atoms with Gasteiger partial charge in [-0.05, 0) is 30.7 Å². The summed E-state index contributed by atoms with van der Waals surface area (Å²) < 4.78 is 3.84. The van der Waals surface area contributed by atoms with Crippen LogP contribution in [-0.2, 0) is 13.0 Å². The Bertz CT molecular complexity index is 704. The average Bonchev–Trinajstić information content (AvgIpc) is 3.11. The van der Waals surface area contributed by atoms with Gasteiger partial charge in [0.05, 0.1) is 12.6 Å². The Hall–Kier alpha value is -2.14. The number of benzene rings is 1. The van der Waals surface area contributed by atoms with E-state index in [9.17, 15) is 0 Å². The predicted octanol–water partition coefficient (Wildman–Crippen LogP) is 2.98. The number of hydrogen-bond acceptors (Lipinski definition) is 3. The minimum absolute atomic E-state index is 0.238. The summed E-state index contributed by atoms with van der Waals surface area (Å²) in [7, 11) is 0. The molecule has 1 aromatic carbocycles. The minimum Gasteiger partial charge on any atom is -0.270 e. The van der Waals surface area contributed by atoms with Crippen LogP contribution < -0.4 is 0 Å². The monoisotopic (exact) mass is 301 g/mol. The first-order valence-corrected chi connectivity index (χ1v) is 7.20. The molecule has 0 radical (unpaired) electrons. The molecule has 0 N–H and O–H groups in total. The number of aromatic nitrogens is 5. The normalized spacial score (nSPS) is 12.5. The van der Waals surface area contributed by atoms with Gasteiger partial charge in [0.2, 0.25) is 0 Å². The molecule has 2 heterocycles. The van der Waals surface area contributed by atoms with Gasteiger partial charge in [0.15, 0.2) is 0 Å². The van der Waals surface area contributed by atoms with E-state index in [-0.39, 0.29) is 6.04 Å². The van der Waals surface area contributed by atoms with Crippen LogP contribution in [0.15, 0.2) is 49.1 Å². The van der Waals surface area contributed by atoms with E-state index in [1.807, 2.05) is 45.9 Å². The summed E-state index contributed by atoms with van der Waals surface area (Å²) in [5.41, 5.74) is 1.11. The van der Waals surface area contributed by atoms with E-state index in [0.29, 0.717) is 6.54 Å². The highest BCUT2D eigenvalue weighted by Crippen LogP contribution is 2.14. The molecule has 0 fully saturated rings. The molecule has 1 atom stereocenters. The van der Waals surface area contributed by atoms with Crippen molar-refractivity contribution >= 4 is 11.6 Å². The van der Waals surface area contributed by atoms with E-state index in [1.165, 1.54) is 0 Å². The van der Waals surface area contributed by atoms with Crippen LogP contribution in [-0.4, -0.2) is 24.5 Å². The second-order valence-corrected chi connectivity index (χ2v) is 5.44. The highest BCUT2D eigenvalue weighted by atomic mass is 35.5. The van der Waals surface area contributed by atoms with Gasteiger partial charge in [-0.1, -0.05) is 23.7 Å². The zero-order valence-electron chi connectivity index (χ0n) is 11.7. The van der Waals surface area contributed by atoms with Gasteiger partial charge in [-0.15, -0.1) is 0 Å². The number of rotatable bonds is 5. The van der Waals surface area contributed by atoms with Gasteiger partial charge in [-0.2, -0.15) is 10.2 Å². The van der Waals surface area contributed by atoms with E-state index in [1.54, 1.807) is 12.5 Å². The lowest BCUT2D eigenvalue weighted by Crippen LogP contribution is -2.14. The summed E-state index contributed by atoms with van der Waals surface area (Å²) in [6.07, 6.45) is 6.12. The Labute approximate surface area is 128 Å². The van der Waals surface area contributed by atoms with Gasteiger partial charge in [0.1, 0.15) is 12.2 Å². The molecule has 2 aromatic heterocycles. The van der Waals surface area contributed by atoms with E-state index >= 15 is 0 Å². The molecule has 108 valence electrons. The maximum Gasteiger partial charge on any atom is 0.138 e. The summed E-state index contributed by atoms with van der Waals surface area (Å²) in [6.45, 7) is 2.78. The summed E-state index contributed by atoms with van der Waals surface area (Å²) in [5.74, 6) is 0.943. The average molecular weight is 302 g/mol. The highest BCUT2D eigenvalue weighted by Gasteiger charge is 2.12. The van der Waals surface area contributed by atoms with Gasteiger partial charge in [0.25, 0.3) is 0 Å². The molecular weight excluding hydrogens is 286 g/mol. The van der Waals surface area contributed by atoms with Gasteiger partial charge < -0.3 is 0 Å². The van der Waals surface area contributed by atoms with Crippen molar-refractivity contribution in [1.82, 2.24) is 24.5 Å². The largest absolute Gasteiger partial charge is 0.270 e. The molecule has 0 bridgehead atoms. The summed E-state index contributed by atoms with van der Waals surface area (Å²) in [4.78, 5) is 4.36. The number of hydrogen-bond donors (Lipinski definition) is 0. The van der Waals surface area contributed by atoms with E-state index < -0.39 is 0 Å². The topological polar surface area (TPSA) is 48.5 Å². The predicted molar refractivity (Wildman–Crippen MR) is 81.2 cm³/mol. The van der Waals surface area contributed by atoms with Crippen LogP contribution in [0.25, 0.3) is 0 Å². The summed E-state index contributed by atoms with van der Waals surface area (Å²) in [6, 6.07) is 9.96. The fourth-order valence-corrected chi connectivity index (χ4v) is 2.50.